The van der Waals surface area contributed by atoms with Gasteiger partial charge in [-0.2, -0.15) is 0 Å². The maximum absolute atomic E-state index is 13.3. The number of anilines is 1. The normalized spacial score (nSPS) is 20.6. The van der Waals surface area contributed by atoms with Crippen LogP contribution in [0.5, 0.6) is 0 Å². The van der Waals surface area contributed by atoms with Crippen LogP contribution in [0, 0.1) is 4.78 Å². The number of amides is 1. The number of carbonyl (C=O) groups is 1. The molecule has 3 aromatic rings. The smallest absolute Gasteiger partial charge is 0.272 e. The quantitative estimate of drug-likeness (QED) is 0.454. The lowest BCUT2D eigenvalue weighted by atomic mass is 10.1. The molecule has 3 heterocycles. The van der Waals surface area contributed by atoms with Crippen LogP contribution in [0.2, 0.25) is 5.15 Å². The molecule has 2 unspecified atom stereocenters. The molecule has 3 N–H and O–H groups in total. The van der Waals surface area contributed by atoms with Crippen LogP contribution in [0.4, 0.5) is 5.69 Å². The van der Waals surface area contributed by atoms with Crippen molar-refractivity contribution in [2.45, 2.75) is 30.6 Å². The monoisotopic (exact) mass is 485 g/mol. The molecule has 10 heteroatoms. The minimum Gasteiger partial charge on any atom is -0.372 e. The minimum atomic E-state index is -3.39. The second kappa shape index (κ2) is 9.48. The van der Waals surface area contributed by atoms with E-state index < -0.39 is 21.9 Å². The third kappa shape index (κ3) is 5.17. The Balaban J connectivity index is 1.58. The van der Waals surface area contributed by atoms with E-state index in [0.29, 0.717) is 17.9 Å². The van der Waals surface area contributed by atoms with E-state index in [-0.39, 0.29) is 21.8 Å². The maximum atomic E-state index is 13.3. The summed E-state index contributed by atoms with van der Waals surface area (Å²) in [7, 11) is -1.72. The molecule has 1 aliphatic heterocycles. The summed E-state index contributed by atoms with van der Waals surface area (Å²) in [6.45, 7) is 2.25. The van der Waals surface area contributed by atoms with Gasteiger partial charge in [-0.15, -0.1) is 0 Å². The second-order valence-corrected chi connectivity index (χ2v) is 9.92. The van der Waals surface area contributed by atoms with Crippen LogP contribution < -0.4 is 10.0 Å². The Labute approximate surface area is 197 Å². The van der Waals surface area contributed by atoms with E-state index in [9.17, 15) is 9.00 Å². The number of halogens is 1. The van der Waals surface area contributed by atoms with Crippen LogP contribution in [0.3, 0.4) is 0 Å². The number of carbonyl (C=O) groups excluding carboxylic acids is 1. The van der Waals surface area contributed by atoms with Crippen molar-refractivity contribution in [3.63, 3.8) is 0 Å². The molecule has 0 bridgehead atoms. The molecular formula is C23H24ClN5O3S. The van der Waals surface area contributed by atoms with E-state index >= 15 is 0 Å². The van der Waals surface area contributed by atoms with Crippen LogP contribution in [0.25, 0.3) is 6.08 Å². The highest BCUT2D eigenvalue weighted by atomic mass is 35.5. The third-order valence-electron chi connectivity index (χ3n) is 5.33. The van der Waals surface area contributed by atoms with E-state index in [1.54, 1.807) is 36.0 Å². The number of fused-ring (bicyclic) bond motifs is 1. The molecule has 0 saturated carbocycles. The molecule has 8 nitrogen and oxygen atoms in total. The van der Waals surface area contributed by atoms with E-state index in [0.717, 1.165) is 5.56 Å². The molecule has 0 radical (unpaired) electrons. The molecule has 33 heavy (non-hydrogen) atoms. The zero-order valence-corrected chi connectivity index (χ0v) is 19.7. The summed E-state index contributed by atoms with van der Waals surface area (Å²) < 4.78 is 32.3. The third-order valence-corrected chi connectivity index (χ3v) is 7.08. The van der Waals surface area contributed by atoms with Crippen molar-refractivity contribution < 1.29 is 13.7 Å². The van der Waals surface area contributed by atoms with Gasteiger partial charge < -0.3 is 14.6 Å². The predicted octanol–water partition coefficient (Wildman–Crippen LogP) is 4.24. The van der Waals surface area contributed by atoms with Gasteiger partial charge in [0.1, 0.15) is 20.8 Å². The fraction of sp³-hybridized carbons (Fsp3) is 0.217. The van der Waals surface area contributed by atoms with E-state index in [1.165, 1.54) is 12.3 Å². The summed E-state index contributed by atoms with van der Waals surface area (Å²) in [5.41, 5.74) is 2.22. The van der Waals surface area contributed by atoms with Crippen LogP contribution in [0.15, 0.2) is 65.8 Å². The Bertz CT molecular complexity index is 1300. The molecule has 0 spiro atoms. The van der Waals surface area contributed by atoms with Gasteiger partial charge in [-0.3, -0.25) is 4.79 Å². The number of nitrogens with zero attached hydrogens (tertiary/aromatic N) is 2. The van der Waals surface area contributed by atoms with Crippen molar-refractivity contribution in [1.29, 1.82) is 4.78 Å². The van der Waals surface area contributed by atoms with Gasteiger partial charge in [-0.25, -0.2) is 18.7 Å². The van der Waals surface area contributed by atoms with Crippen molar-refractivity contribution >= 4 is 39.2 Å². The number of hydrogen-bond acceptors (Lipinski definition) is 5. The van der Waals surface area contributed by atoms with E-state index in [1.807, 2.05) is 37.3 Å². The first-order valence-corrected chi connectivity index (χ1v) is 12.2. The molecule has 4 rings (SSSR count). The molecule has 1 amide bonds. The summed E-state index contributed by atoms with van der Waals surface area (Å²) >= 11 is 5.91. The van der Waals surface area contributed by atoms with Crippen LogP contribution in [0.1, 0.15) is 28.5 Å². The van der Waals surface area contributed by atoms with Gasteiger partial charge in [-0.1, -0.05) is 54.1 Å². The zero-order valence-electron chi connectivity index (χ0n) is 18.1. The number of nitrogens with one attached hydrogen (secondary N) is 3. The first kappa shape index (κ1) is 23.2. The van der Waals surface area contributed by atoms with Gasteiger partial charge >= 0.3 is 0 Å². The Morgan fingerprint density at radius 3 is 2.85 bits per heavy atom. The van der Waals surface area contributed by atoms with Crippen molar-refractivity contribution in [2.75, 3.05) is 5.32 Å². The van der Waals surface area contributed by atoms with Crippen LogP contribution >= 0.6 is 11.6 Å². The Hall–Kier alpha value is -2.98. The zero-order chi connectivity index (χ0) is 23.6. The standard InChI is InChI=1S/C23H24ClN5O3S/c1-15(32-14-16-6-4-3-5-7-16)19-9-8-18-20(33(25,31)28-19)13-29(2)22(18)23(30)27-17-10-11-26-21(24)12-17/h3-13,15,19H,14H2,1-2H3,(H2,25,28,31)(H,26,27,30)/t15-,19?,33?/m1/s1. The highest BCUT2D eigenvalue weighted by Crippen LogP contribution is 2.28. The molecule has 2 aromatic heterocycles. The number of benzene rings is 1. The van der Waals surface area contributed by atoms with E-state index in [4.69, 9.17) is 21.1 Å². The second-order valence-electron chi connectivity index (χ2n) is 7.75. The summed E-state index contributed by atoms with van der Waals surface area (Å²) in [6.07, 6.45) is 6.20. The van der Waals surface area contributed by atoms with Gasteiger partial charge in [-0.05, 0) is 24.6 Å². The average Bonchev–Trinajstić information content (AvgIpc) is 3.06. The van der Waals surface area contributed by atoms with Crippen molar-refractivity contribution in [1.82, 2.24) is 14.3 Å². The van der Waals surface area contributed by atoms with Crippen molar-refractivity contribution in [3.05, 3.63) is 82.9 Å². The van der Waals surface area contributed by atoms with Gasteiger partial charge in [0.2, 0.25) is 0 Å². The number of hydrogen-bond donors (Lipinski definition) is 3. The number of aryl methyl sites for hydroxylation is 1. The lowest BCUT2D eigenvalue weighted by Crippen LogP contribution is -2.40. The molecule has 1 aromatic carbocycles. The Morgan fingerprint density at radius 1 is 1.36 bits per heavy atom. The fourth-order valence-corrected chi connectivity index (χ4v) is 5.35. The molecule has 0 fully saturated rings. The van der Waals surface area contributed by atoms with Crippen LogP contribution in [-0.4, -0.2) is 31.8 Å². The topological polar surface area (TPSA) is 109 Å². The van der Waals surface area contributed by atoms with Crippen molar-refractivity contribution in [2.24, 2.45) is 7.05 Å². The number of aromatic nitrogens is 2. The molecule has 3 atom stereocenters. The summed E-state index contributed by atoms with van der Waals surface area (Å²) in [5.74, 6) is -0.410. The number of ether oxygens (including phenoxy) is 1. The van der Waals surface area contributed by atoms with Crippen molar-refractivity contribution in [3.8, 4) is 0 Å². The molecular weight excluding hydrogens is 462 g/mol. The van der Waals surface area contributed by atoms with E-state index in [2.05, 4.69) is 15.0 Å². The average molecular weight is 486 g/mol. The lowest BCUT2D eigenvalue weighted by molar-refractivity contribution is 0.0425. The summed E-state index contributed by atoms with van der Waals surface area (Å²) in [5, 5.41) is 3.03. The summed E-state index contributed by atoms with van der Waals surface area (Å²) in [4.78, 5) is 17.2. The maximum Gasteiger partial charge on any atom is 0.272 e. The van der Waals surface area contributed by atoms with Gasteiger partial charge in [0.15, 0.2) is 0 Å². The Morgan fingerprint density at radius 2 is 2.12 bits per heavy atom. The lowest BCUT2D eigenvalue weighted by Gasteiger charge is -2.22. The Kier molecular flexibility index (Phi) is 6.66. The first-order valence-electron chi connectivity index (χ1n) is 10.3. The SMILES string of the molecule is C[C@@H](OCc1ccccc1)C1C=Cc2c(cn(C)c2C(=O)Nc2ccnc(Cl)c2)S(=N)(=O)N1. The molecule has 1 aliphatic rings. The number of pyridine rings is 1. The highest BCUT2D eigenvalue weighted by Gasteiger charge is 2.30. The first-order chi connectivity index (χ1) is 15.7. The van der Waals surface area contributed by atoms with Gasteiger partial charge in [0.05, 0.1) is 23.6 Å². The predicted molar refractivity (Wildman–Crippen MR) is 128 cm³/mol. The fourth-order valence-electron chi connectivity index (χ4n) is 3.61. The molecule has 0 aliphatic carbocycles. The minimum absolute atomic E-state index is 0.247. The summed E-state index contributed by atoms with van der Waals surface area (Å²) in [6, 6.07) is 12.4. The van der Waals surface area contributed by atoms with Gasteiger partial charge in [0.25, 0.3) is 5.91 Å². The highest BCUT2D eigenvalue weighted by molar-refractivity contribution is 7.90. The number of rotatable bonds is 6. The van der Waals surface area contributed by atoms with Gasteiger partial charge in [0, 0.05) is 30.7 Å². The molecule has 172 valence electrons. The largest absolute Gasteiger partial charge is 0.372 e. The molecule has 0 saturated heterocycles. The van der Waals surface area contributed by atoms with Crippen LogP contribution in [-0.2, 0) is 28.3 Å².